The first kappa shape index (κ1) is 27.3. The SMILES string of the molecule is CC(C)C(=O)Nc1cn(C(=O)OC(C)(C)C)c2nccc(N3CCC[C@@H](NC(=O)OC(C)(C)C)C3)c12. The van der Waals surface area contributed by atoms with Crippen LogP contribution in [0.25, 0.3) is 11.0 Å². The van der Waals surface area contributed by atoms with Gasteiger partial charge < -0.3 is 25.0 Å². The van der Waals surface area contributed by atoms with Crippen molar-refractivity contribution in [2.24, 2.45) is 5.92 Å². The zero-order valence-electron chi connectivity index (χ0n) is 22.6. The number of aromatic nitrogens is 2. The first-order valence-corrected chi connectivity index (χ1v) is 12.4. The minimum absolute atomic E-state index is 0.113. The number of carbonyl (C=O) groups excluding carboxylic acids is 3. The number of ether oxygens (including phenoxy) is 2. The molecule has 0 radical (unpaired) electrons. The van der Waals surface area contributed by atoms with Crippen molar-refractivity contribution in [2.45, 2.75) is 85.5 Å². The van der Waals surface area contributed by atoms with Crippen molar-refractivity contribution >= 4 is 40.5 Å². The highest BCUT2D eigenvalue weighted by atomic mass is 16.6. The number of pyridine rings is 1. The molecule has 2 aromatic heterocycles. The van der Waals surface area contributed by atoms with Crippen LogP contribution in [0, 0.1) is 5.92 Å². The number of alkyl carbamates (subject to hydrolysis) is 1. The largest absolute Gasteiger partial charge is 0.444 e. The topological polar surface area (TPSA) is 115 Å². The normalized spacial score (nSPS) is 16.7. The van der Waals surface area contributed by atoms with E-state index in [1.165, 1.54) is 4.57 Å². The quantitative estimate of drug-likeness (QED) is 0.612. The van der Waals surface area contributed by atoms with Gasteiger partial charge in [-0.2, -0.15) is 0 Å². The van der Waals surface area contributed by atoms with Crippen LogP contribution in [0.3, 0.4) is 0 Å². The molecule has 10 heteroatoms. The monoisotopic (exact) mass is 501 g/mol. The second-order valence-electron chi connectivity index (χ2n) is 11.5. The van der Waals surface area contributed by atoms with E-state index in [2.05, 4.69) is 20.5 Å². The smallest absolute Gasteiger partial charge is 0.420 e. The molecule has 1 aliphatic heterocycles. The molecule has 0 aliphatic carbocycles. The zero-order valence-corrected chi connectivity index (χ0v) is 22.6. The number of nitrogens with one attached hydrogen (secondary N) is 2. The van der Waals surface area contributed by atoms with Gasteiger partial charge in [-0.3, -0.25) is 4.79 Å². The molecule has 2 N–H and O–H groups in total. The molecule has 1 aliphatic rings. The lowest BCUT2D eigenvalue weighted by Crippen LogP contribution is -2.49. The van der Waals surface area contributed by atoms with Crippen LogP contribution in [0.5, 0.6) is 0 Å². The maximum atomic E-state index is 13.0. The molecule has 2 aromatic rings. The number of fused-ring (bicyclic) bond motifs is 1. The number of piperidine rings is 1. The third-order valence-corrected chi connectivity index (χ3v) is 5.52. The second-order valence-corrected chi connectivity index (χ2v) is 11.5. The molecule has 0 aromatic carbocycles. The summed E-state index contributed by atoms with van der Waals surface area (Å²) in [4.78, 5) is 44.6. The Morgan fingerprint density at radius 2 is 1.75 bits per heavy atom. The van der Waals surface area contributed by atoms with Gasteiger partial charge in [-0.25, -0.2) is 19.1 Å². The Labute approximate surface area is 212 Å². The van der Waals surface area contributed by atoms with Gasteiger partial charge in [0.15, 0.2) is 5.65 Å². The molecule has 198 valence electrons. The molecule has 0 spiro atoms. The van der Waals surface area contributed by atoms with Crippen LogP contribution in [0.4, 0.5) is 21.0 Å². The number of nitrogens with zero attached hydrogens (tertiary/aromatic N) is 3. The lowest BCUT2D eigenvalue weighted by molar-refractivity contribution is -0.118. The first-order valence-electron chi connectivity index (χ1n) is 12.4. The van der Waals surface area contributed by atoms with Gasteiger partial charge >= 0.3 is 12.2 Å². The van der Waals surface area contributed by atoms with Gasteiger partial charge in [0.1, 0.15) is 11.2 Å². The molecule has 2 amide bonds. The highest BCUT2D eigenvalue weighted by Gasteiger charge is 2.29. The summed E-state index contributed by atoms with van der Waals surface area (Å²) >= 11 is 0. The average Bonchev–Trinajstić information content (AvgIpc) is 3.10. The lowest BCUT2D eigenvalue weighted by Gasteiger charge is -2.35. The van der Waals surface area contributed by atoms with Gasteiger partial charge in [0.05, 0.1) is 16.8 Å². The Bertz CT molecular complexity index is 1130. The maximum Gasteiger partial charge on any atom is 0.420 e. The fraction of sp³-hybridized carbons (Fsp3) is 0.615. The molecule has 0 saturated carbocycles. The summed E-state index contributed by atoms with van der Waals surface area (Å²) in [5, 5.41) is 6.56. The Hall–Kier alpha value is -3.30. The number of rotatable bonds is 4. The highest BCUT2D eigenvalue weighted by molar-refractivity contribution is 6.09. The van der Waals surface area contributed by atoms with E-state index < -0.39 is 23.4 Å². The summed E-state index contributed by atoms with van der Waals surface area (Å²) in [6.45, 7) is 15.8. The second kappa shape index (κ2) is 10.4. The third kappa shape index (κ3) is 6.89. The van der Waals surface area contributed by atoms with Crippen LogP contribution < -0.4 is 15.5 Å². The van der Waals surface area contributed by atoms with Crippen molar-refractivity contribution < 1.29 is 23.9 Å². The molecule has 3 rings (SSSR count). The van der Waals surface area contributed by atoms with Gasteiger partial charge in [-0.15, -0.1) is 0 Å². The van der Waals surface area contributed by atoms with Crippen LogP contribution in [0.1, 0.15) is 68.2 Å². The van der Waals surface area contributed by atoms with Crippen molar-refractivity contribution in [3.8, 4) is 0 Å². The standard InChI is InChI=1S/C26H39N5O5/c1-16(2)22(32)29-18-15-31(24(34)36-26(6,7)8)21-20(18)19(11-12-27-21)30-13-9-10-17(14-30)28-23(33)35-25(3,4)5/h11-12,15-17H,9-10,13-14H2,1-8H3,(H,28,33)(H,29,32)/t17-/m1/s1. The number of amides is 2. The van der Waals surface area contributed by atoms with Crippen LogP contribution in [-0.4, -0.2) is 58.0 Å². The molecule has 36 heavy (non-hydrogen) atoms. The van der Waals surface area contributed by atoms with Gasteiger partial charge in [0, 0.05) is 37.4 Å². The molecule has 3 heterocycles. The summed E-state index contributed by atoms with van der Waals surface area (Å²) in [5.41, 5.74) is 0.420. The van der Waals surface area contributed by atoms with E-state index in [1.807, 2.05) is 26.8 Å². The minimum atomic E-state index is -0.694. The van der Waals surface area contributed by atoms with Crippen molar-refractivity contribution in [3.63, 3.8) is 0 Å². The summed E-state index contributed by atoms with van der Waals surface area (Å²) < 4.78 is 12.3. The lowest BCUT2D eigenvalue weighted by atomic mass is 10.0. The van der Waals surface area contributed by atoms with Crippen LogP contribution in [-0.2, 0) is 14.3 Å². The van der Waals surface area contributed by atoms with Crippen molar-refractivity contribution in [2.75, 3.05) is 23.3 Å². The van der Waals surface area contributed by atoms with Crippen molar-refractivity contribution in [1.29, 1.82) is 0 Å². The Balaban J connectivity index is 1.98. The number of anilines is 2. The first-order chi connectivity index (χ1) is 16.6. The van der Waals surface area contributed by atoms with E-state index in [-0.39, 0.29) is 17.9 Å². The van der Waals surface area contributed by atoms with E-state index in [0.717, 1.165) is 25.1 Å². The molecule has 10 nitrogen and oxygen atoms in total. The fourth-order valence-electron chi connectivity index (χ4n) is 4.01. The van der Waals surface area contributed by atoms with Crippen molar-refractivity contribution in [3.05, 3.63) is 18.5 Å². The molecule has 0 unspecified atom stereocenters. The van der Waals surface area contributed by atoms with E-state index in [1.54, 1.807) is 47.0 Å². The summed E-state index contributed by atoms with van der Waals surface area (Å²) in [7, 11) is 0. The average molecular weight is 502 g/mol. The van der Waals surface area contributed by atoms with Gasteiger partial charge in [-0.05, 0) is 60.5 Å². The molecule has 0 bridgehead atoms. The molecular formula is C26H39N5O5. The number of carbonyl (C=O) groups is 3. The third-order valence-electron chi connectivity index (χ3n) is 5.52. The molecular weight excluding hydrogens is 462 g/mol. The predicted molar refractivity (Wildman–Crippen MR) is 139 cm³/mol. The van der Waals surface area contributed by atoms with Crippen molar-refractivity contribution in [1.82, 2.24) is 14.9 Å². The van der Waals surface area contributed by atoms with E-state index >= 15 is 0 Å². The number of hydrogen-bond acceptors (Lipinski definition) is 7. The number of hydrogen-bond donors (Lipinski definition) is 2. The van der Waals surface area contributed by atoms with Crippen LogP contribution in [0.15, 0.2) is 18.5 Å². The fourth-order valence-corrected chi connectivity index (χ4v) is 4.01. The summed E-state index contributed by atoms with van der Waals surface area (Å²) in [5.74, 6) is -0.418. The Morgan fingerprint density at radius 1 is 1.08 bits per heavy atom. The van der Waals surface area contributed by atoms with Gasteiger partial charge in [0.25, 0.3) is 0 Å². The summed E-state index contributed by atoms with van der Waals surface area (Å²) in [6.07, 6.45) is 3.85. The van der Waals surface area contributed by atoms with Crippen LogP contribution in [0.2, 0.25) is 0 Å². The Morgan fingerprint density at radius 3 is 2.36 bits per heavy atom. The Kier molecular flexibility index (Phi) is 7.85. The van der Waals surface area contributed by atoms with Crippen LogP contribution >= 0.6 is 0 Å². The van der Waals surface area contributed by atoms with E-state index in [0.29, 0.717) is 23.3 Å². The predicted octanol–water partition coefficient (Wildman–Crippen LogP) is 4.91. The van der Waals surface area contributed by atoms with Gasteiger partial charge in [-0.1, -0.05) is 13.8 Å². The minimum Gasteiger partial charge on any atom is -0.444 e. The molecule has 1 saturated heterocycles. The van der Waals surface area contributed by atoms with E-state index in [9.17, 15) is 14.4 Å². The zero-order chi connectivity index (χ0) is 26.8. The van der Waals surface area contributed by atoms with Gasteiger partial charge in [0.2, 0.25) is 5.91 Å². The van der Waals surface area contributed by atoms with E-state index in [4.69, 9.17) is 9.47 Å². The molecule has 1 atom stereocenters. The maximum absolute atomic E-state index is 13.0. The summed E-state index contributed by atoms with van der Waals surface area (Å²) in [6, 6.07) is 1.75. The highest BCUT2D eigenvalue weighted by Crippen LogP contribution is 2.35. The molecule has 1 fully saturated rings.